The molecule has 2 heterocycles. The monoisotopic (exact) mass is 293 g/mol. The summed E-state index contributed by atoms with van der Waals surface area (Å²) in [6.07, 6.45) is 0. The van der Waals surface area contributed by atoms with Crippen LogP contribution in [0, 0.1) is 0 Å². The van der Waals surface area contributed by atoms with E-state index in [2.05, 4.69) is 9.97 Å². The number of fused-ring (bicyclic) bond motifs is 1. The number of hydrogen-bond acceptors (Lipinski definition) is 5. The lowest BCUT2D eigenvalue weighted by Crippen LogP contribution is -1.81. The van der Waals surface area contributed by atoms with Crippen LogP contribution in [0.3, 0.4) is 0 Å². The van der Waals surface area contributed by atoms with Crippen LogP contribution in [0.15, 0.2) is 46.3 Å². The van der Waals surface area contributed by atoms with Crippen molar-refractivity contribution in [3.63, 3.8) is 0 Å². The smallest absolute Gasteiger partial charge is 0.182 e. The van der Waals surface area contributed by atoms with Crippen LogP contribution in [0.4, 0.5) is 5.13 Å². The predicted molar refractivity (Wildman–Crippen MR) is 77.4 cm³/mol. The van der Waals surface area contributed by atoms with Gasteiger partial charge in [-0.15, -0.1) is 0 Å². The van der Waals surface area contributed by atoms with Gasteiger partial charge in [0.15, 0.2) is 5.13 Å². The summed E-state index contributed by atoms with van der Waals surface area (Å²) in [5.74, 6) is 0. The summed E-state index contributed by atoms with van der Waals surface area (Å²) in [5.41, 5.74) is 6.49. The second-order valence-corrected chi connectivity index (χ2v) is 6.04. The van der Waals surface area contributed by atoms with Crippen LogP contribution < -0.4 is 5.73 Å². The van der Waals surface area contributed by atoms with Gasteiger partial charge in [0, 0.05) is 4.90 Å². The van der Waals surface area contributed by atoms with Gasteiger partial charge >= 0.3 is 0 Å². The number of benzene rings is 1. The fraction of sp³-hybridized carbons (Fsp3) is 0. The van der Waals surface area contributed by atoms with Gasteiger partial charge < -0.3 is 5.73 Å². The molecular formula is C12H8ClN3S2. The van der Waals surface area contributed by atoms with E-state index in [1.165, 1.54) is 23.1 Å². The highest BCUT2D eigenvalue weighted by atomic mass is 35.5. The van der Waals surface area contributed by atoms with Crippen molar-refractivity contribution in [3.05, 3.63) is 41.4 Å². The van der Waals surface area contributed by atoms with Crippen molar-refractivity contribution >= 4 is 50.2 Å². The Morgan fingerprint density at radius 1 is 1.11 bits per heavy atom. The molecule has 0 radical (unpaired) electrons. The van der Waals surface area contributed by atoms with E-state index in [1.807, 2.05) is 36.4 Å². The highest BCUT2D eigenvalue weighted by Crippen LogP contribution is 2.33. The van der Waals surface area contributed by atoms with Gasteiger partial charge in [0.2, 0.25) is 0 Å². The van der Waals surface area contributed by atoms with Crippen LogP contribution >= 0.6 is 34.7 Å². The molecule has 6 heteroatoms. The SMILES string of the molecule is Nc1nc2ccc(Sc3ccccc3Cl)nc2s1. The third-order valence-electron chi connectivity index (χ3n) is 2.30. The molecule has 0 amide bonds. The highest BCUT2D eigenvalue weighted by molar-refractivity contribution is 7.99. The normalized spacial score (nSPS) is 10.9. The molecule has 90 valence electrons. The van der Waals surface area contributed by atoms with Gasteiger partial charge in [-0.2, -0.15) is 0 Å². The molecule has 3 rings (SSSR count). The molecule has 0 aliphatic heterocycles. The van der Waals surface area contributed by atoms with Gasteiger partial charge in [-0.25, -0.2) is 9.97 Å². The molecule has 0 aliphatic rings. The molecule has 0 atom stereocenters. The third kappa shape index (κ3) is 2.29. The van der Waals surface area contributed by atoms with Crippen molar-refractivity contribution in [1.29, 1.82) is 0 Å². The first-order chi connectivity index (χ1) is 8.72. The first kappa shape index (κ1) is 11.8. The average Bonchev–Trinajstić information content (AvgIpc) is 2.71. The number of nitrogen functional groups attached to an aromatic ring is 1. The number of aromatic nitrogens is 2. The summed E-state index contributed by atoms with van der Waals surface area (Å²) >= 11 is 9.04. The number of rotatable bonds is 2. The molecule has 2 N–H and O–H groups in total. The zero-order valence-corrected chi connectivity index (χ0v) is 11.5. The van der Waals surface area contributed by atoms with Crippen molar-refractivity contribution in [2.45, 2.75) is 9.92 Å². The Hall–Kier alpha value is -1.30. The molecule has 0 unspecified atom stereocenters. The second kappa shape index (κ2) is 4.76. The van der Waals surface area contributed by atoms with E-state index in [4.69, 9.17) is 17.3 Å². The maximum absolute atomic E-state index is 6.12. The number of halogens is 1. The van der Waals surface area contributed by atoms with Crippen LogP contribution in [-0.2, 0) is 0 Å². The molecule has 0 bridgehead atoms. The standard InChI is InChI=1S/C12H8ClN3S2/c13-7-3-1-2-4-9(7)17-10-6-5-8-11(16-10)18-12(14)15-8/h1-6H,(H2,14,15). The minimum absolute atomic E-state index is 0.539. The van der Waals surface area contributed by atoms with E-state index in [9.17, 15) is 0 Å². The summed E-state index contributed by atoms with van der Waals surface area (Å²) in [7, 11) is 0. The first-order valence-corrected chi connectivity index (χ1v) is 7.19. The number of hydrogen-bond donors (Lipinski definition) is 1. The molecule has 18 heavy (non-hydrogen) atoms. The van der Waals surface area contributed by atoms with Crippen LogP contribution in [0.25, 0.3) is 10.3 Å². The zero-order valence-electron chi connectivity index (χ0n) is 9.13. The Bertz CT molecular complexity index is 711. The third-order valence-corrected chi connectivity index (χ3v) is 4.55. The van der Waals surface area contributed by atoms with Crippen LogP contribution in [-0.4, -0.2) is 9.97 Å². The van der Waals surface area contributed by atoms with Crippen molar-refractivity contribution < 1.29 is 0 Å². The van der Waals surface area contributed by atoms with Gasteiger partial charge in [0.25, 0.3) is 0 Å². The molecule has 2 aromatic heterocycles. The summed E-state index contributed by atoms with van der Waals surface area (Å²) in [5, 5.41) is 2.16. The van der Waals surface area contributed by atoms with E-state index in [0.29, 0.717) is 5.13 Å². The maximum atomic E-state index is 6.12. The van der Waals surface area contributed by atoms with Crippen molar-refractivity contribution in [1.82, 2.24) is 9.97 Å². The Morgan fingerprint density at radius 2 is 1.94 bits per heavy atom. The van der Waals surface area contributed by atoms with Crippen LogP contribution in [0.1, 0.15) is 0 Å². The lowest BCUT2D eigenvalue weighted by atomic mass is 10.4. The van der Waals surface area contributed by atoms with E-state index in [-0.39, 0.29) is 0 Å². The highest BCUT2D eigenvalue weighted by Gasteiger charge is 2.06. The number of nitrogens with two attached hydrogens (primary N) is 1. The predicted octanol–water partition coefficient (Wildman–Crippen LogP) is 4.08. The topological polar surface area (TPSA) is 51.8 Å². The Labute approximate surface area is 117 Å². The zero-order chi connectivity index (χ0) is 12.5. The minimum Gasteiger partial charge on any atom is -0.375 e. The lowest BCUT2D eigenvalue weighted by molar-refractivity contribution is 1.19. The van der Waals surface area contributed by atoms with Crippen molar-refractivity contribution in [2.75, 3.05) is 5.73 Å². The molecule has 3 nitrogen and oxygen atoms in total. The van der Waals surface area contributed by atoms with Gasteiger partial charge in [-0.1, -0.05) is 46.8 Å². The molecule has 0 spiro atoms. The largest absolute Gasteiger partial charge is 0.375 e. The first-order valence-electron chi connectivity index (χ1n) is 5.18. The quantitative estimate of drug-likeness (QED) is 0.773. The van der Waals surface area contributed by atoms with Crippen LogP contribution in [0.5, 0.6) is 0 Å². The van der Waals surface area contributed by atoms with Gasteiger partial charge in [-0.3, -0.25) is 0 Å². The van der Waals surface area contributed by atoms with Gasteiger partial charge in [-0.05, 0) is 24.3 Å². The lowest BCUT2D eigenvalue weighted by Gasteiger charge is -2.02. The van der Waals surface area contributed by atoms with E-state index in [1.54, 1.807) is 0 Å². The summed E-state index contributed by atoms with van der Waals surface area (Å²) < 4.78 is 0. The molecule has 0 aliphatic carbocycles. The van der Waals surface area contributed by atoms with Gasteiger partial charge in [0.05, 0.1) is 5.02 Å². The van der Waals surface area contributed by atoms with E-state index < -0.39 is 0 Å². The van der Waals surface area contributed by atoms with Crippen molar-refractivity contribution in [2.24, 2.45) is 0 Å². The molecule has 3 aromatic rings. The Balaban J connectivity index is 1.97. The van der Waals surface area contributed by atoms with Crippen molar-refractivity contribution in [3.8, 4) is 0 Å². The molecule has 0 saturated carbocycles. The summed E-state index contributed by atoms with van der Waals surface area (Å²) in [6, 6.07) is 11.6. The molecular weight excluding hydrogens is 286 g/mol. The number of nitrogens with zero attached hydrogens (tertiary/aromatic N) is 2. The Morgan fingerprint density at radius 3 is 2.78 bits per heavy atom. The number of anilines is 1. The second-order valence-electron chi connectivity index (χ2n) is 3.56. The molecule has 1 aromatic carbocycles. The molecule has 0 saturated heterocycles. The minimum atomic E-state index is 0.539. The summed E-state index contributed by atoms with van der Waals surface area (Å²) in [6.45, 7) is 0. The van der Waals surface area contributed by atoms with E-state index >= 15 is 0 Å². The fourth-order valence-electron chi connectivity index (χ4n) is 1.51. The summed E-state index contributed by atoms with van der Waals surface area (Å²) in [4.78, 5) is 10.5. The number of pyridine rings is 1. The Kier molecular flexibility index (Phi) is 3.11. The molecule has 0 fully saturated rings. The maximum Gasteiger partial charge on any atom is 0.182 e. The van der Waals surface area contributed by atoms with E-state index in [0.717, 1.165) is 25.3 Å². The fourth-order valence-corrected chi connectivity index (χ4v) is 3.34. The van der Waals surface area contributed by atoms with Gasteiger partial charge in [0.1, 0.15) is 15.4 Å². The number of thiazole rings is 1. The average molecular weight is 294 g/mol. The van der Waals surface area contributed by atoms with Crippen LogP contribution in [0.2, 0.25) is 5.02 Å².